The molecule has 1 aliphatic carbocycles. The van der Waals surface area contributed by atoms with Gasteiger partial charge in [0, 0.05) is 36.4 Å². The van der Waals surface area contributed by atoms with E-state index in [0.717, 1.165) is 48.5 Å². The number of carbonyl (C=O) groups excluding carboxylic acids is 1. The van der Waals surface area contributed by atoms with Gasteiger partial charge in [-0.15, -0.1) is 0 Å². The summed E-state index contributed by atoms with van der Waals surface area (Å²) < 4.78 is 0. The van der Waals surface area contributed by atoms with Crippen molar-refractivity contribution in [3.05, 3.63) is 46.8 Å². The van der Waals surface area contributed by atoms with Gasteiger partial charge in [-0.25, -0.2) is 4.98 Å². The van der Waals surface area contributed by atoms with Crippen LogP contribution in [-0.4, -0.2) is 58.5 Å². The van der Waals surface area contributed by atoms with E-state index in [4.69, 9.17) is 10.7 Å². The van der Waals surface area contributed by atoms with Crippen molar-refractivity contribution >= 4 is 33.9 Å². The van der Waals surface area contributed by atoms with Crippen LogP contribution < -0.4 is 16.4 Å². The summed E-state index contributed by atoms with van der Waals surface area (Å²) in [7, 11) is 2.24. The van der Waals surface area contributed by atoms with E-state index < -0.39 is 6.04 Å². The lowest BCUT2D eigenvalue weighted by atomic mass is 10.1. The summed E-state index contributed by atoms with van der Waals surface area (Å²) >= 11 is 1.43. The quantitative estimate of drug-likeness (QED) is 0.344. The van der Waals surface area contributed by atoms with E-state index in [9.17, 15) is 4.79 Å². The van der Waals surface area contributed by atoms with Crippen molar-refractivity contribution in [2.45, 2.75) is 96.3 Å². The molecule has 0 spiro atoms. The minimum atomic E-state index is -0.756. The van der Waals surface area contributed by atoms with Crippen LogP contribution in [0.1, 0.15) is 87.8 Å². The SMILES string of the molecule is C=C(Nc1nc(NC(C)(C)C)c(C(N)C(=O)N2CCC[C@H]2CCN(C)C2CCCC2)s1)c1ccc(C)cc1. The molecule has 2 atom stereocenters. The zero-order valence-corrected chi connectivity index (χ0v) is 24.7. The number of nitrogens with two attached hydrogens (primary N) is 1. The minimum absolute atomic E-state index is 0.000500. The largest absolute Gasteiger partial charge is 0.364 e. The summed E-state index contributed by atoms with van der Waals surface area (Å²) in [5.41, 5.74) is 9.44. The molecule has 1 unspecified atom stereocenters. The summed E-state index contributed by atoms with van der Waals surface area (Å²) in [6.07, 6.45) is 8.38. The molecule has 4 N–H and O–H groups in total. The van der Waals surface area contributed by atoms with Gasteiger partial charge in [-0.1, -0.05) is 60.6 Å². The molecule has 2 aliphatic rings. The van der Waals surface area contributed by atoms with E-state index >= 15 is 0 Å². The van der Waals surface area contributed by atoms with Crippen LogP contribution in [0.5, 0.6) is 0 Å². The van der Waals surface area contributed by atoms with Crippen LogP contribution in [0.15, 0.2) is 30.8 Å². The maximum Gasteiger partial charge on any atom is 0.245 e. The van der Waals surface area contributed by atoms with E-state index in [0.29, 0.717) is 17.0 Å². The molecule has 38 heavy (non-hydrogen) atoms. The van der Waals surface area contributed by atoms with Crippen LogP contribution in [0, 0.1) is 6.92 Å². The molecule has 208 valence electrons. The number of anilines is 2. The molecule has 1 saturated carbocycles. The Hall–Kier alpha value is -2.42. The highest BCUT2D eigenvalue weighted by molar-refractivity contribution is 7.16. The second-order valence-corrected chi connectivity index (χ2v) is 13.1. The third kappa shape index (κ3) is 7.16. The number of aryl methyl sites for hydroxylation is 1. The Morgan fingerprint density at radius 3 is 2.55 bits per heavy atom. The van der Waals surface area contributed by atoms with Crippen LogP contribution >= 0.6 is 11.3 Å². The summed E-state index contributed by atoms with van der Waals surface area (Å²) in [5, 5.41) is 7.49. The fraction of sp³-hybridized carbons (Fsp3) is 0.600. The molecular weight excluding hydrogens is 492 g/mol. The minimum Gasteiger partial charge on any atom is -0.364 e. The molecule has 2 aromatic rings. The van der Waals surface area contributed by atoms with Gasteiger partial charge in [0.15, 0.2) is 5.13 Å². The molecule has 4 rings (SSSR count). The summed E-state index contributed by atoms with van der Waals surface area (Å²) in [6.45, 7) is 14.3. The Balaban J connectivity index is 1.47. The van der Waals surface area contributed by atoms with Gasteiger partial charge in [-0.2, -0.15) is 0 Å². The molecule has 0 radical (unpaired) electrons. The fourth-order valence-corrected chi connectivity index (χ4v) is 6.53. The Kier molecular flexibility index (Phi) is 9.16. The van der Waals surface area contributed by atoms with Crippen LogP contribution in [0.2, 0.25) is 0 Å². The van der Waals surface area contributed by atoms with E-state index in [-0.39, 0.29) is 17.5 Å². The highest BCUT2D eigenvalue weighted by Crippen LogP contribution is 2.36. The van der Waals surface area contributed by atoms with E-state index in [2.05, 4.69) is 69.0 Å². The third-order valence-electron chi connectivity index (χ3n) is 7.78. The molecule has 1 amide bonds. The Labute approximate surface area is 232 Å². The maximum atomic E-state index is 13.8. The van der Waals surface area contributed by atoms with Gasteiger partial charge in [-0.3, -0.25) is 4.79 Å². The molecule has 8 heteroatoms. The van der Waals surface area contributed by atoms with Gasteiger partial charge in [-0.05, 0) is 72.4 Å². The molecule has 1 saturated heterocycles. The van der Waals surface area contributed by atoms with Gasteiger partial charge in [0.1, 0.15) is 11.9 Å². The smallest absolute Gasteiger partial charge is 0.245 e. The lowest BCUT2D eigenvalue weighted by Crippen LogP contribution is -2.43. The molecule has 7 nitrogen and oxygen atoms in total. The van der Waals surface area contributed by atoms with Crippen LogP contribution in [-0.2, 0) is 4.79 Å². The first-order valence-electron chi connectivity index (χ1n) is 14.1. The predicted molar refractivity (Wildman–Crippen MR) is 160 cm³/mol. The Bertz CT molecular complexity index is 1100. The molecule has 1 aromatic carbocycles. The van der Waals surface area contributed by atoms with E-state index in [1.54, 1.807) is 0 Å². The number of nitrogens with zero attached hydrogens (tertiary/aromatic N) is 3. The van der Waals surface area contributed by atoms with Crippen molar-refractivity contribution < 1.29 is 4.79 Å². The van der Waals surface area contributed by atoms with Crippen molar-refractivity contribution in [2.75, 3.05) is 30.8 Å². The van der Waals surface area contributed by atoms with Crippen molar-refractivity contribution in [2.24, 2.45) is 5.73 Å². The topological polar surface area (TPSA) is 86.5 Å². The molecule has 0 bridgehead atoms. The third-order valence-corrected chi connectivity index (χ3v) is 8.83. The van der Waals surface area contributed by atoms with Gasteiger partial charge in [0.25, 0.3) is 0 Å². The molecule has 1 aliphatic heterocycles. The number of carbonyl (C=O) groups is 1. The zero-order chi connectivity index (χ0) is 27.4. The lowest BCUT2D eigenvalue weighted by molar-refractivity contribution is -0.133. The highest BCUT2D eigenvalue weighted by Gasteiger charge is 2.35. The summed E-state index contributed by atoms with van der Waals surface area (Å²) in [4.78, 5) is 23.9. The average molecular weight is 539 g/mol. The number of likely N-dealkylation sites (tertiary alicyclic amines) is 1. The number of hydrogen-bond donors (Lipinski definition) is 3. The van der Waals surface area contributed by atoms with E-state index in [1.807, 2.05) is 17.0 Å². The maximum absolute atomic E-state index is 13.8. The number of thiazole rings is 1. The van der Waals surface area contributed by atoms with Crippen molar-refractivity contribution in [3.63, 3.8) is 0 Å². The number of hydrogen-bond acceptors (Lipinski definition) is 7. The Morgan fingerprint density at radius 2 is 1.89 bits per heavy atom. The number of rotatable bonds is 10. The monoisotopic (exact) mass is 538 g/mol. The molecule has 2 fully saturated rings. The molecular formula is C30H46N6OS. The summed E-state index contributed by atoms with van der Waals surface area (Å²) in [6, 6.07) is 8.41. The average Bonchev–Trinajstić information content (AvgIpc) is 3.62. The Morgan fingerprint density at radius 1 is 1.21 bits per heavy atom. The highest BCUT2D eigenvalue weighted by atomic mass is 32.1. The standard InChI is InChI=1S/C30H46N6OS/c1-20-13-15-22(16-14-20)21(2)32-29-33-27(34-30(3,4)5)26(38-29)25(31)28(37)36-18-9-12-24(36)17-19-35(6)23-10-7-8-11-23/h13-16,23-25,34H,2,7-12,17-19,31H2,1,3-6H3,(H,32,33)/t24-,25?/m0/s1. The van der Waals surface area contributed by atoms with Crippen molar-refractivity contribution in [1.82, 2.24) is 14.8 Å². The van der Waals surface area contributed by atoms with Gasteiger partial charge < -0.3 is 26.2 Å². The van der Waals surface area contributed by atoms with Crippen molar-refractivity contribution in [3.8, 4) is 0 Å². The summed E-state index contributed by atoms with van der Waals surface area (Å²) in [5.74, 6) is 0.666. The fourth-order valence-electron chi connectivity index (χ4n) is 5.59. The van der Waals surface area contributed by atoms with Gasteiger partial charge in [0.2, 0.25) is 5.91 Å². The number of nitrogens with one attached hydrogen (secondary N) is 2. The van der Waals surface area contributed by atoms with E-state index in [1.165, 1.54) is 42.6 Å². The number of amides is 1. The van der Waals surface area contributed by atoms with Gasteiger partial charge >= 0.3 is 0 Å². The number of benzene rings is 1. The van der Waals surface area contributed by atoms with Crippen molar-refractivity contribution in [1.29, 1.82) is 0 Å². The number of aromatic nitrogens is 1. The predicted octanol–water partition coefficient (Wildman–Crippen LogP) is 6.00. The van der Waals surface area contributed by atoms with Gasteiger partial charge in [0.05, 0.1) is 4.88 Å². The van der Waals surface area contributed by atoms with Crippen LogP contribution in [0.3, 0.4) is 0 Å². The zero-order valence-electron chi connectivity index (χ0n) is 23.8. The van der Waals surface area contributed by atoms with Crippen LogP contribution in [0.25, 0.3) is 5.70 Å². The first-order chi connectivity index (χ1) is 18.0. The first-order valence-corrected chi connectivity index (χ1v) is 14.9. The molecule has 1 aromatic heterocycles. The second-order valence-electron chi connectivity index (χ2n) is 12.1. The van der Waals surface area contributed by atoms with Crippen LogP contribution in [0.4, 0.5) is 10.9 Å². The second kappa shape index (κ2) is 12.2. The lowest BCUT2D eigenvalue weighted by Gasteiger charge is -2.30. The normalized spacial score (nSPS) is 19.2. The first kappa shape index (κ1) is 28.6. The molecule has 2 heterocycles.